The molecule has 110 valence electrons. The van der Waals surface area contributed by atoms with E-state index in [2.05, 4.69) is 14.8 Å². The van der Waals surface area contributed by atoms with Gasteiger partial charge in [-0.15, -0.1) is 10.2 Å². The Morgan fingerprint density at radius 1 is 1.10 bits per heavy atom. The normalized spacial score (nSPS) is 18.2. The summed E-state index contributed by atoms with van der Waals surface area (Å²) in [7, 11) is 0. The summed E-state index contributed by atoms with van der Waals surface area (Å²) in [6.45, 7) is 0. The fraction of sp³-hybridized carbons (Fsp3) is 0.467. The van der Waals surface area contributed by atoms with Gasteiger partial charge >= 0.3 is 0 Å². The van der Waals surface area contributed by atoms with Crippen LogP contribution in [-0.2, 0) is 5.75 Å². The number of nitrogens with zero attached hydrogens (tertiary/aromatic N) is 3. The monoisotopic (exact) mass is 339 g/mol. The third kappa shape index (κ3) is 2.94. The smallest absolute Gasteiger partial charge is 0.191 e. The Labute approximate surface area is 138 Å². The lowest BCUT2D eigenvalue weighted by Crippen LogP contribution is -2.01. The van der Waals surface area contributed by atoms with E-state index in [0.29, 0.717) is 22.0 Å². The lowest BCUT2D eigenvalue weighted by atomic mass is 10.2. The van der Waals surface area contributed by atoms with Crippen LogP contribution < -0.4 is 0 Å². The van der Waals surface area contributed by atoms with Crippen LogP contribution in [0.2, 0.25) is 10.0 Å². The van der Waals surface area contributed by atoms with Gasteiger partial charge in [-0.2, -0.15) is 0 Å². The Bertz CT molecular complexity index is 678. The molecule has 2 aliphatic carbocycles. The lowest BCUT2D eigenvalue weighted by molar-refractivity contribution is 0.627. The lowest BCUT2D eigenvalue weighted by Gasteiger charge is -2.08. The van der Waals surface area contributed by atoms with Crippen molar-refractivity contribution in [3.8, 4) is 0 Å². The molecule has 2 aliphatic rings. The summed E-state index contributed by atoms with van der Waals surface area (Å²) in [5.74, 6) is 2.69. The Morgan fingerprint density at radius 3 is 2.57 bits per heavy atom. The highest BCUT2D eigenvalue weighted by Gasteiger charge is 2.36. The predicted molar refractivity (Wildman–Crippen MR) is 86.3 cm³/mol. The Hall–Kier alpha value is -0.710. The Morgan fingerprint density at radius 2 is 1.90 bits per heavy atom. The highest BCUT2D eigenvalue weighted by Crippen LogP contribution is 2.46. The number of hydrogen-bond acceptors (Lipinski definition) is 3. The first-order valence-corrected chi connectivity index (χ1v) is 8.98. The zero-order valence-electron chi connectivity index (χ0n) is 11.4. The topological polar surface area (TPSA) is 30.7 Å². The van der Waals surface area contributed by atoms with Gasteiger partial charge in [-0.05, 0) is 43.4 Å². The summed E-state index contributed by atoms with van der Waals surface area (Å²) in [6, 6.07) is 6.42. The van der Waals surface area contributed by atoms with Crippen LogP contribution in [0.5, 0.6) is 0 Å². The molecule has 0 unspecified atom stereocenters. The molecular formula is C15H15Cl2N3S. The molecule has 2 fully saturated rings. The van der Waals surface area contributed by atoms with E-state index in [-0.39, 0.29) is 0 Å². The quantitative estimate of drug-likeness (QED) is 0.711. The maximum Gasteiger partial charge on any atom is 0.191 e. The predicted octanol–water partition coefficient (Wildman–Crippen LogP) is 5.09. The molecular weight excluding hydrogens is 325 g/mol. The van der Waals surface area contributed by atoms with E-state index in [0.717, 1.165) is 16.5 Å². The highest BCUT2D eigenvalue weighted by molar-refractivity contribution is 7.98. The largest absolute Gasteiger partial charge is 0.303 e. The van der Waals surface area contributed by atoms with Crippen molar-refractivity contribution in [2.24, 2.45) is 0 Å². The SMILES string of the molecule is Clc1ccc(CSc2nnc(C3CC3)n2C2CC2)cc1Cl. The second-order valence-corrected chi connectivity index (χ2v) is 7.51. The standard InChI is InChI=1S/C15H15Cl2N3S/c16-12-6-1-9(7-13(12)17)8-21-15-19-18-14(10-2-3-10)20(15)11-4-5-11/h1,6-7,10-11H,2-5,8H2. The molecule has 3 nitrogen and oxygen atoms in total. The number of thioether (sulfide) groups is 1. The van der Waals surface area contributed by atoms with Crippen molar-refractivity contribution < 1.29 is 0 Å². The van der Waals surface area contributed by atoms with Crippen LogP contribution in [0.15, 0.2) is 23.4 Å². The van der Waals surface area contributed by atoms with Gasteiger partial charge in [0, 0.05) is 17.7 Å². The van der Waals surface area contributed by atoms with Gasteiger partial charge in [0.15, 0.2) is 5.16 Å². The van der Waals surface area contributed by atoms with E-state index in [1.807, 2.05) is 18.2 Å². The summed E-state index contributed by atoms with van der Waals surface area (Å²) < 4.78 is 2.37. The Kier molecular flexibility index (Phi) is 3.64. The van der Waals surface area contributed by atoms with Crippen LogP contribution in [0.25, 0.3) is 0 Å². The van der Waals surface area contributed by atoms with Crippen LogP contribution in [0.1, 0.15) is 49.0 Å². The number of aromatic nitrogens is 3. The van der Waals surface area contributed by atoms with E-state index in [4.69, 9.17) is 23.2 Å². The summed E-state index contributed by atoms with van der Waals surface area (Å²) in [5.41, 5.74) is 1.16. The number of rotatable bonds is 5. The van der Waals surface area contributed by atoms with E-state index in [1.54, 1.807) is 11.8 Å². The number of halogens is 2. The zero-order valence-corrected chi connectivity index (χ0v) is 13.8. The van der Waals surface area contributed by atoms with Crippen LogP contribution in [-0.4, -0.2) is 14.8 Å². The first-order chi connectivity index (χ1) is 10.2. The molecule has 0 spiro atoms. The maximum atomic E-state index is 6.07. The molecule has 4 rings (SSSR count). The van der Waals surface area contributed by atoms with Gasteiger partial charge in [0.25, 0.3) is 0 Å². The molecule has 0 aliphatic heterocycles. The van der Waals surface area contributed by atoms with Gasteiger partial charge in [-0.3, -0.25) is 0 Å². The second-order valence-electron chi connectivity index (χ2n) is 5.75. The van der Waals surface area contributed by atoms with E-state index in [1.165, 1.54) is 31.5 Å². The summed E-state index contributed by atoms with van der Waals surface area (Å²) in [6.07, 6.45) is 5.06. The molecule has 2 aromatic rings. The molecule has 0 N–H and O–H groups in total. The van der Waals surface area contributed by atoms with Gasteiger partial charge in [-0.25, -0.2) is 0 Å². The van der Waals surface area contributed by atoms with E-state index < -0.39 is 0 Å². The van der Waals surface area contributed by atoms with Crippen molar-refractivity contribution in [3.05, 3.63) is 39.6 Å². The van der Waals surface area contributed by atoms with E-state index in [9.17, 15) is 0 Å². The number of benzene rings is 1. The second kappa shape index (κ2) is 5.49. The number of hydrogen-bond donors (Lipinski definition) is 0. The van der Waals surface area contributed by atoms with Gasteiger partial charge in [0.1, 0.15) is 5.82 Å². The van der Waals surface area contributed by atoms with Crippen LogP contribution in [0, 0.1) is 0 Å². The van der Waals surface area contributed by atoms with Crippen molar-refractivity contribution in [1.29, 1.82) is 0 Å². The van der Waals surface area contributed by atoms with Crippen LogP contribution in [0.4, 0.5) is 0 Å². The average Bonchev–Trinajstić information content (AvgIpc) is 3.39. The minimum Gasteiger partial charge on any atom is -0.303 e. The molecule has 0 bridgehead atoms. The molecule has 0 amide bonds. The van der Waals surface area contributed by atoms with Crippen molar-refractivity contribution >= 4 is 35.0 Å². The minimum atomic E-state index is 0.600. The molecule has 21 heavy (non-hydrogen) atoms. The molecule has 0 saturated heterocycles. The molecule has 1 heterocycles. The fourth-order valence-corrected chi connectivity index (χ4v) is 3.74. The Balaban J connectivity index is 1.53. The fourth-order valence-electron chi connectivity index (χ4n) is 2.46. The maximum absolute atomic E-state index is 6.07. The highest BCUT2D eigenvalue weighted by atomic mass is 35.5. The molecule has 6 heteroatoms. The third-order valence-electron chi connectivity index (χ3n) is 3.90. The molecule has 2 saturated carbocycles. The summed E-state index contributed by atoms with van der Waals surface area (Å²) in [4.78, 5) is 0. The van der Waals surface area contributed by atoms with Gasteiger partial charge < -0.3 is 4.57 Å². The van der Waals surface area contributed by atoms with Crippen molar-refractivity contribution in [2.45, 2.75) is 48.6 Å². The zero-order chi connectivity index (χ0) is 14.4. The first kappa shape index (κ1) is 13.9. The molecule has 1 aromatic heterocycles. The van der Waals surface area contributed by atoms with Crippen molar-refractivity contribution in [3.63, 3.8) is 0 Å². The summed E-state index contributed by atoms with van der Waals surface area (Å²) in [5, 5.41) is 11.1. The summed E-state index contributed by atoms with van der Waals surface area (Å²) >= 11 is 13.8. The van der Waals surface area contributed by atoms with E-state index >= 15 is 0 Å². The van der Waals surface area contributed by atoms with Gasteiger partial charge in [-0.1, -0.05) is 41.0 Å². The van der Waals surface area contributed by atoms with Crippen LogP contribution in [0.3, 0.4) is 0 Å². The van der Waals surface area contributed by atoms with Gasteiger partial charge in [0.05, 0.1) is 10.0 Å². The molecule has 0 radical (unpaired) electrons. The first-order valence-electron chi connectivity index (χ1n) is 7.24. The van der Waals surface area contributed by atoms with Gasteiger partial charge in [0.2, 0.25) is 0 Å². The third-order valence-corrected chi connectivity index (χ3v) is 5.65. The minimum absolute atomic E-state index is 0.600. The average molecular weight is 340 g/mol. The molecule has 0 atom stereocenters. The van der Waals surface area contributed by atoms with Crippen LogP contribution >= 0.6 is 35.0 Å². The molecule has 1 aromatic carbocycles. The van der Waals surface area contributed by atoms with Crippen molar-refractivity contribution in [2.75, 3.05) is 0 Å². The van der Waals surface area contributed by atoms with Crippen molar-refractivity contribution in [1.82, 2.24) is 14.8 Å².